The van der Waals surface area contributed by atoms with Crippen molar-refractivity contribution in [1.29, 1.82) is 0 Å². The van der Waals surface area contributed by atoms with E-state index in [1.807, 2.05) is 23.1 Å². The molecule has 0 aliphatic carbocycles. The smallest absolute Gasteiger partial charge is 0.0464 e. The van der Waals surface area contributed by atoms with E-state index < -0.39 is 0 Å². The fourth-order valence-electron chi connectivity index (χ4n) is 1.10. The van der Waals surface area contributed by atoms with Crippen molar-refractivity contribution < 1.29 is 5.11 Å². The van der Waals surface area contributed by atoms with Gasteiger partial charge in [0.1, 0.15) is 0 Å². The van der Waals surface area contributed by atoms with Crippen molar-refractivity contribution in [3.63, 3.8) is 0 Å². The molecular weight excluding hydrogens is 212 g/mol. The molecule has 0 amide bonds. The third-order valence-corrected chi connectivity index (χ3v) is 4.76. The minimum Gasteiger partial charge on any atom is -0.396 e. The van der Waals surface area contributed by atoms with Crippen LogP contribution in [0.5, 0.6) is 0 Å². The van der Waals surface area contributed by atoms with Gasteiger partial charge in [0.25, 0.3) is 0 Å². The van der Waals surface area contributed by atoms with E-state index in [2.05, 4.69) is 26.0 Å². The summed E-state index contributed by atoms with van der Waals surface area (Å²) in [5.74, 6) is 2.57. The largest absolute Gasteiger partial charge is 0.396 e. The number of thiophene rings is 1. The second-order valence-corrected chi connectivity index (χ2v) is 5.81. The summed E-state index contributed by atoms with van der Waals surface area (Å²) >= 11 is 3.82. The highest BCUT2D eigenvalue weighted by Gasteiger charge is 2.02. The zero-order chi connectivity index (χ0) is 10.4. The minimum atomic E-state index is 0.303. The van der Waals surface area contributed by atoms with E-state index in [1.165, 1.54) is 9.75 Å². The van der Waals surface area contributed by atoms with E-state index in [0.717, 1.165) is 17.9 Å². The van der Waals surface area contributed by atoms with Crippen LogP contribution in [-0.4, -0.2) is 17.5 Å². The number of aliphatic hydroxyl groups excluding tert-OH is 1. The highest BCUT2D eigenvalue weighted by atomic mass is 32.2. The van der Waals surface area contributed by atoms with Crippen LogP contribution in [0, 0.1) is 5.92 Å². The van der Waals surface area contributed by atoms with Crippen LogP contribution in [0.1, 0.15) is 23.6 Å². The van der Waals surface area contributed by atoms with Crippen molar-refractivity contribution >= 4 is 23.1 Å². The Bertz CT molecular complexity index is 258. The molecule has 0 saturated heterocycles. The maximum absolute atomic E-state index is 8.86. The molecule has 3 heteroatoms. The van der Waals surface area contributed by atoms with Crippen LogP contribution in [0.3, 0.4) is 0 Å². The molecular formula is C11H18OS2. The first-order chi connectivity index (χ1) is 6.76. The first-order valence-corrected chi connectivity index (χ1v) is 6.99. The Kier molecular flexibility index (Phi) is 5.60. The van der Waals surface area contributed by atoms with Gasteiger partial charge in [0.05, 0.1) is 0 Å². The van der Waals surface area contributed by atoms with Gasteiger partial charge in [-0.15, -0.1) is 11.3 Å². The second-order valence-electron chi connectivity index (χ2n) is 3.52. The third kappa shape index (κ3) is 4.03. The van der Waals surface area contributed by atoms with Crippen LogP contribution in [0.15, 0.2) is 12.1 Å². The minimum absolute atomic E-state index is 0.303. The monoisotopic (exact) mass is 230 g/mol. The van der Waals surface area contributed by atoms with Crippen molar-refractivity contribution in [2.75, 3.05) is 12.4 Å². The Morgan fingerprint density at radius 2 is 2.14 bits per heavy atom. The van der Waals surface area contributed by atoms with Crippen molar-refractivity contribution in [2.45, 2.75) is 26.0 Å². The lowest BCUT2D eigenvalue weighted by Gasteiger charge is -2.05. The molecule has 0 bridgehead atoms. The highest BCUT2D eigenvalue weighted by Crippen LogP contribution is 2.22. The summed E-state index contributed by atoms with van der Waals surface area (Å²) < 4.78 is 0. The molecule has 1 atom stereocenters. The molecule has 1 N–H and O–H groups in total. The van der Waals surface area contributed by atoms with Gasteiger partial charge in [0.15, 0.2) is 0 Å². The number of rotatable bonds is 6. The van der Waals surface area contributed by atoms with Gasteiger partial charge in [0, 0.05) is 22.1 Å². The number of hydrogen-bond donors (Lipinski definition) is 1. The lowest BCUT2D eigenvalue weighted by molar-refractivity contribution is 0.250. The van der Waals surface area contributed by atoms with Gasteiger partial charge in [-0.3, -0.25) is 0 Å². The Hall–Kier alpha value is 0.01000. The molecule has 0 aliphatic heterocycles. The highest BCUT2D eigenvalue weighted by molar-refractivity contribution is 7.98. The average molecular weight is 230 g/mol. The van der Waals surface area contributed by atoms with Gasteiger partial charge >= 0.3 is 0 Å². The Morgan fingerprint density at radius 1 is 1.43 bits per heavy atom. The van der Waals surface area contributed by atoms with Crippen LogP contribution in [0.2, 0.25) is 0 Å². The fraction of sp³-hybridized carbons (Fsp3) is 0.636. The number of thioether (sulfide) groups is 1. The maximum atomic E-state index is 8.86. The molecule has 0 aromatic carbocycles. The first-order valence-electron chi connectivity index (χ1n) is 5.02. The number of aliphatic hydroxyl groups is 1. The summed E-state index contributed by atoms with van der Waals surface area (Å²) in [6, 6.07) is 4.44. The molecule has 1 rings (SSSR count). The predicted molar refractivity (Wildman–Crippen MR) is 66.1 cm³/mol. The molecule has 1 heterocycles. The molecule has 0 aliphatic rings. The van der Waals surface area contributed by atoms with Gasteiger partial charge in [-0.2, -0.15) is 11.8 Å². The van der Waals surface area contributed by atoms with Crippen LogP contribution < -0.4 is 0 Å². The predicted octanol–water partition coefficient (Wildman–Crippen LogP) is 3.17. The summed E-state index contributed by atoms with van der Waals surface area (Å²) in [5, 5.41) is 8.86. The Labute approximate surface area is 94.5 Å². The molecule has 1 unspecified atom stereocenters. The molecule has 0 saturated carbocycles. The lowest BCUT2D eigenvalue weighted by Crippen LogP contribution is -2.03. The fourth-order valence-corrected chi connectivity index (χ4v) is 3.27. The van der Waals surface area contributed by atoms with Crippen LogP contribution >= 0.6 is 23.1 Å². The zero-order valence-electron chi connectivity index (χ0n) is 8.82. The van der Waals surface area contributed by atoms with Gasteiger partial charge < -0.3 is 5.11 Å². The van der Waals surface area contributed by atoms with Crippen molar-refractivity contribution in [2.24, 2.45) is 5.92 Å². The van der Waals surface area contributed by atoms with E-state index in [0.29, 0.717) is 12.5 Å². The molecule has 0 spiro atoms. The van der Waals surface area contributed by atoms with Crippen LogP contribution in [-0.2, 0) is 12.2 Å². The van der Waals surface area contributed by atoms with E-state index >= 15 is 0 Å². The Morgan fingerprint density at radius 3 is 2.71 bits per heavy atom. The van der Waals surface area contributed by atoms with Gasteiger partial charge in [-0.1, -0.05) is 13.8 Å². The summed E-state index contributed by atoms with van der Waals surface area (Å²) in [6.45, 7) is 4.58. The van der Waals surface area contributed by atoms with Crippen molar-refractivity contribution in [3.8, 4) is 0 Å². The van der Waals surface area contributed by atoms with Crippen molar-refractivity contribution in [3.05, 3.63) is 21.9 Å². The molecule has 1 aromatic heterocycles. The summed E-state index contributed by atoms with van der Waals surface area (Å²) in [7, 11) is 0. The van der Waals surface area contributed by atoms with E-state index in [-0.39, 0.29) is 0 Å². The van der Waals surface area contributed by atoms with E-state index in [4.69, 9.17) is 5.11 Å². The summed E-state index contributed by atoms with van der Waals surface area (Å²) in [4.78, 5) is 2.92. The molecule has 1 aromatic rings. The topological polar surface area (TPSA) is 20.2 Å². The molecule has 0 radical (unpaired) electrons. The summed E-state index contributed by atoms with van der Waals surface area (Å²) in [6.07, 6.45) is 1.14. The molecule has 1 nitrogen and oxygen atoms in total. The SMILES string of the molecule is CCc1ccc(CSCC(C)CO)s1. The lowest BCUT2D eigenvalue weighted by atomic mass is 10.2. The zero-order valence-corrected chi connectivity index (χ0v) is 10.5. The van der Waals surface area contributed by atoms with E-state index in [1.54, 1.807) is 0 Å². The normalized spacial score (nSPS) is 13.1. The molecule has 14 heavy (non-hydrogen) atoms. The molecule has 80 valence electrons. The Balaban J connectivity index is 2.24. The van der Waals surface area contributed by atoms with Crippen LogP contribution in [0.25, 0.3) is 0 Å². The first kappa shape index (κ1) is 12.1. The van der Waals surface area contributed by atoms with Crippen LogP contribution in [0.4, 0.5) is 0 Å². The van der Waals surface area contributed by atoms with Crippen molar-refractivity contribution in [1.82, 2.24) is 0 Å². The van der Waals surface area contributed by atoms with Gasteiger partial charge in [-0.25, -0.2) is 0 Å². The van der Waals surface area contributed by atoms with Gasteiger partial charge in [0.2, 0.25) is 0 Å². The quantitative estimate of drug-likeness (QED) is 0.810. The third-order valence-electron chi connectivity index (χ3n) is 2.02. The number of aryl methyl sites for hydroxylation is 1. The molecule has 0 fully saturated rings. The maximum Gasteiger partial charge on any atom is 0.0464 e. The summed E-state index contributed by atoms with van der Waals surface area (Å²) in [5.41, 5.74) is 0. The standard InChI is InChI=1S/C11H18OS2/c1-3-10-4-5-11(14-10)8-13-7-9(2)6-12/h4-5,9,12H,3,6-8H2,1-2H3. The average Bonchev–Trinajstić information content (AvgIpc) is 2.65. The number of hydrogen-bond acceptors (Lipinski definition) is 3. The van der Waals surface area contributed by atoms with Gasteiger partial charge in [-0.05, 0) is 30.2 Å². The second kappa shape index (κ2) is 6.49. The van der Waals surface area contributed by atoms with E-state index in [9.17, 15) is 0 Å².